The zero-order valence-corrected chi connectivity index (χ0v) is 19.1. The van der Waals surface area contributed by atoms with Gasteiger partial charge in [-0.3, -0.25) is 20.5 Å². The Kier molecular flexibility index (Phi) is 7.46. The van der Waals surface area contributed by atoms with Crippen LogP contribution >= 0.6 is 0 Å². The van der Waals surface area contributed by atoms with Crippen molar-refractivity contribution in [3.63, 3.8) is 0 Å². The summed E-state index contributed by atoms with van der Waals surface area (Å²) < 4.78 is 15.3. The SMILES string of the molecule is Cc1nc(NNC(=O)[C@@H](CNC(=O)O)CC2CCCC2)c(F)c(N2CCN3CCC[C@@H]3C2)n1. The van der Waals surface area contributed by atoms with E-state index in [1.807, 2.05) is 4.90 Å². The number of hydrogen-bond donors (Lipinski definition) is 4. The van der Waals surface area contributed by atoms with Crippen LogP contribution in [-0.4, -0.2) is 70.7 Å². The number of fused-ring (bicyclic) bond motifs is 1. The van der Waals surface area contributed by atoms with Crippen LogP contribution in [0.1, 0.15) is 50.8 Å². The number of hydrazine groups is 1. The highest BCUT2D eigenvalue weighted by atomic mass is 19.1. The number of carboxylic acid groups (broad SMARTS) is 1. The van der Waals surface area contributed by atoms with Crippen molar-refractivity contribution in [1.29, 1.82) is 0 Å². The second-order valence-electron chi connectivity index (χ2n) is 9.42. The molecule has 1 aromatic rings. The van der Waals surface area contributed by atoms with Gasteiger partial charge >= 0.3 is 6.09 Å². The normalized spacial score (nSPS) is 22.1. The largest absolute Gasteiger partial charge is 0.465 e. The fraction of sp³-hybridized carbons (Fsp3) is 0.727. The molecule has 4 rings (SSSR count). The van der Waals surface area contributed by atoms with Gasteiger partial charge in [0.05, 0.1) is 5.92 Å². The highest BCUT2D eigenvalue weighted by Gasteiger charge is 2.33. The van der Waals surface area contributed by atoms with E-state index in [1.54, 1.807) is 6.92 Å². The Labute approximate surface area is 193 Å². The molecule has 3 fully saturated rings. The summed E-state index contributed by atoms with van der Waals surface area (Å²) in [5.74, 6) is -0.540. The van der Waals surface area contributed by atoms with Gasteiger partial charge in [0.25, 0.3) is 0 Å². The summed E-state index contributed by atoms with van der Waals surface area (Å²) in [7, 11) is 0. The van der Waals surface area contributed by atoms with Gasteiger partial charge in [-0.1, -0.05) is 25.7 Å². The van der Waals surface area contributed by atoms with Gasteiger partial charge in [0.1, 0.15) is 5.82 Å². The molecule has 0 bridgehead atoms. The number of nitrogens with zero attached hydrogens (tertiary/aromatic N) is 4. The summed E-state index contributed by atoms with van der Waals surface area (Å²) in [5.41, 5.74) is 5.19. The third kappa shape index (κ3) is 5.82. The summed E-state index contributed by atoms with van der Waals surface area (Å²) in [6.45, 7) is 5.11. The molecule has 2 atom stereocenters. The number of carbonyl (C=O) groups is 2. The number of rotatable bonds is 8. The molecule has 3 aliphatic rings. The van der Waals surface area contributed by atoms with Crippen molar-refractivity contribution in [2.75, 3.05) is 43.0 Å². The first-order valence-corrected chi connectivity index (χ1v) is 12.0. The van der Waals surface area contributed by atoms with Gasteiger partial charge in [-0.05, 0) is 38.6 Å². The van der Waals surface area contributed by atoms with E-state index in [0.717, 1.165) is 51.7 Å². The van der Waals surface area contributed by atoms with E-state index >= 15 is 4.39 Å². The van der Waals surface area contributed by atoms with E-state index in [1.165, 1.54) is 6.42 Å². The summed E-state index contributed by atoms with van der Waals surface area (Å²) in [5, 5.41) is 11.3. The Morgan fingerprint density at radius 3 is 2.70 bits per heavy atom. The lowest BCUT2D eigenvalue weighted by molar-refractivity contribution is -0.124. The van der Waals surface area contributed by atoms with Crippen LogP contribution in [-0.2, 0) is 4.79 Å². The van der Waals surface area contributed by atoms with Gasteiger partial charge in [0.2, 0.25) is 11.7 Å². The first-order chi connectivity index (χ1) is 15.9. The van der Waals surface area contributed by atoms with Gasteiger partial charge in [0, 0.05) is 32.2 Å². The number of aromatic nitrogens is 2. The van der Waals surface area contributed by atoms with Crippen molar-refractivity contribution in [2.24, 2.45) is 11.8 Å². The minimum absolute atomic E-state index is 0.0154. The molecule has 182 valence electrons. The highest BCUT2D eigenvalue weighted by Crippen LogP contribution is 2.31. The molecular formula is C22H34FN7O3. The van der Waals surface area contributed by atoms with Gasteiger partial charge < -0.3 is 15.3 Å². The molecule has 10 nitrogen and oxygen atoms in total. The quantitative estimate of drug-likeness (QED) is 0.433. The van der Waals surface area contributed by atoms with E-state index in [9.17, 15) is 9.59 Å². The predicted octanol–water partition coefficient (Wildman–Crippen LogP) is 2.12. The maximum Gasteiger partial charge on any atom is 0.404 e. The third-order valence-electron chi connectivity index (χ3n) is 7.10. The number of halogens is 1. The molecule has 0 unspecified atom stereocenters. The number of carbonyl (C=O) groups excluding carboxylic acids is 1. The average molecular weight is 464 g/mol. The summed E-state index contributed by atoms with van der Waals surface area (Å²) in [4.78, 5) is 36.7. The average Bonchev–Trinajstić information content (AvgIpc) is 3.47. The lowest BCUT2D eigenvalue weighted by Gasteiger charge is -2.38. The second kappa shape index (κ2) is 10.5. The van der Waals surface area contributed by atoms with Crippen molar-refractivity contribution in [1.82, 2.24) is 25.6 Å². The number of anilines is 2. The maximum atomic E-state index is 15.3. The Morgan fingerprint density at radius 2 is 1.94 bits per heavy atom. The molecule has 2 aliphatic heterocycles. The van der Waals surface area contributed by atoms with Crippen molar-refractivity contribution in [2.45, 2.75) is 57.9 Å². The van der Waals surface area contributed by atoms with Crippen molar-refractivity contribution in [3.05, 3.63) is 11.6 Å². The molecule has 2 saturated heterocycles. The fourth-order valence-electron chi connectivity index (χ4n) is 5.38. The molecule has 33 heavy (non-hydrogen) atoms. The van der Waals surface area contributed by atoms with Gasteiger partial charge in [0.15, 0.2) is 11.6 Å². The zero-order valence-electron chi connectivity index (χ0n) is 19.1. The first-order valence-electron chi connectivity index (χ1n) is 12.0. The van der Waals surface area contributed by atoms with E-state index in [2.05, 4.69) is 31.0 Å². The summed E-state index contributed by atoms with van der Waals surface area (Å²) in [6, 6.07) is 0.419. The lowest BCUT2D eigenvalue weighted by Crippen LogP contribution is -2.50. The second-order valence-corrected chi connectivity index (χ2v) is 9.42. The standard InChI is InChI=1S/C22H34FN7O3/c1-14-25-19(18(23)20(26-14)30-10-9-29-8-4-7-17(29)13-30)27-28-21(31)16(12-24-22(32)33)11-15-5-2-3-6-15/h15-17,24H,2-13H2,1H3,(H,28,31)(H,32,33)(H,25,26,27)/t16-,17-/m1/s1. The molecule has 4 N–H and O–H groups in total. The third-order valence-corrected chi connectivity index (χ3v) is 7.10. The van der Waals surface area contributed by atoms with Crippen molar-refractivity contribution < 1.29 is 19.1 Å². The Morgan fingerprint density at radius 1 is 1.15 bits per heavy atom. The van der Waals surface area contributed by atoms with Gasteiger partial charge in [-0.2, -0.15) is 4.39 Å². The van der Waals surface area contributed by atoms with E-state index in [4.69, 9.17) is 5.11 Å². The predicted molar refractivity (Wildman–Crippen MR) is 121 cm³/mol. The van der Waals surface area contributed by atoms with Gasteiger partial charge in [-0.15, -0.1) is 0 Å². The van der Waals surface area contributed by atoms with E-state index < -0.39 is 17.8 Å². The van der Waals surface area contributed by atoms with Crippen LogP contribution in [0.15, 0.2) is 0 Å². The maximum absolute atomic E-state index is 15.3. The summed E-state index contributed by atoms with van der Waals surface area (Å²) >= 11 is 0. The molecule has 1 aromatic heterocycles. The van der Waals surface area contributed by atoms with Crippen LogP contribution in [0.3, 0.4) is 0 Å². The minimum Gasteiger partial charge on any atom is -0.465 e. The van der Waals surface area contributed by atoms with Crippen molar-refractivity contribution in [3.8, 4) is 0 Å². The molecule has 1 saturated carbocycles. The van der Waals surface area contributed by atoms with Crippen LogP contribution in [0, 0.1) is 24.6 Å². The molecule has 2 amide bonds. The van der Waals surface area contributed by atoms with Crippen molar-refractivity contribution >= 4 is 23.6 Å². The van der Waals surface area contributed by atoms with Crippen LogP contribution in [0.2, 0.25) is 0 Å². The Hall–Kier alpha value is -2.69. The Bertz CT molecular complexity index is 865. The highest BCUT2D eigenvalue weighted by molar-refractivity contribution is 5.80. The number of aryl methyl sites for hydroxylation is 1. The Balaban J connectivity index is 1.41. The molecule has 3 heterocycles. The van der Waals surface area contributed by atoms with Crippen LogP contribution in [0.25, 0.3) is 0 Å². The molecule has 0 aromatic carbocycles. The molecule has 1 aliphatic carbocycles. The zero-order chi connectivity index (χ0) is 23.4. The first kappa shape index (κ1) is 23.5. The number of hydrogen-bond acceptors (Lipinski definition) is 7. The van der Waals surface area contributed by atoms with E-state index in [0.29, 0.717) is 30.7 Å². The number of nitrogens with one attached hydrogen (secondary N) is 3. The number of amides is 2. The molecule has 0 radical (unpaired) electrons. The van der Waals surface area contributed by atoms with Crippen LogP contribution in [0.5, 0.6) is 0 Å². The molecular weight excluding hydrogens is 429 g/mol. The fourth-order valence-corrected chi connectivity index (χ4v) is 5.38. The topological polar surface area (TPSA) is 123 Å². The smallest absolute Gasteiger partial charge is 0.404 e. The minimum atomic E-state index is -1.17. The molecule has 0 spiro atoms. The van der Waals surface area contributed by atoms with Gasteiger partial charge in [-0.25, -0.2) is 14.8 Å². The van der Waals surface area contributed by atoms with Crippen LogP contribution in [0.4, 0.5) is 20.8 Å². The lowest BCUT2D eigenvalue weighted by atomic mass is 9.92. The monoisotopic (exact) mass is 463 g/mol. The number of piperazine rings is 1. The van der Waals surface area contributed by atoms with Crippen LogP contribution < -0.4 is 21.1 Å². The summed E-state index contributed by atoms with van der Waals surface area (Å²) in [6.07, 6.45) is 6.05. The van der Waals surface area contributed by atoms with E-state index in [-0.39, 0.29) is 24.1 Å². The molecule has 11 heteroatoms.